The van der Waals surface area contributed by atoms with Crippen molar-refractivity contribution < 1.29 is 19.2 Å². The number of halogens is 1. The molecule has 1 amide bonds. The molecule has 0 spiro atoms. The molecule has 0 N–H and O–H groups in total. The largest absolute Gasteiger partial charge is 0.468 e. The molecule has 1 heterocycles. The van der Waals surface area contributed by atoms with Gasteiger partial charge in [-0.05, 0) is 30.7 Å². The van der Waals surface area contributed by atoms with Gasteiger partial charge < -0.3 is 9.30 Å². The third-order valence-corrected chi connectivity index (χ3v) is 5.28. The molecule has 1 aromatic heterocycles. The average Bonchev–Trinajstić information content (AvgIpc) is 2.99. The number of hydrogen-bond acceptors (Lipinski definition) is 6. The fourth-order valence-electron chi connectivity index (χ4n) is 2.72. The predicted octanol–water partition coefficient (Wildman–Crippen LogP) is 3.49. The number of aromatic nitrogens is 1. The summed E-state index contributed by atoms with van der Waals surface area (Å²) in [5.41, 5.74) is 1.01. The Morgan fingerprint density at radius 1 is 1.32 bits per heavy atom. The minimum atomic E-state index is -0.822. The number of fused-ring (bicyclic) bond motifs is 1. The van der Waals surface area contributed by atoms with Crippen molar-refractivity contribution in [1.29, 1.82) is 0 Å². The standard InChI is InChI=1S/C18H14ClN3O5S/c1-10-4-3-5-14-16(10)21(9-15(23)27-2)18(28-14)20-17(24)12-8-11(19)6-7-13(12)22(25)26/h3-8H,9H2,1-2H3. The Labute approximate surface area is 167 Å². The van der Waals surface area contributed by atoms with Crippen molar-refractivity contribution >= 4 is 50.7 Å². The maximum atomic E-state index is 12.7. The molecule has 28 heavy (non-hydrogen) atoms. The van der Waals surface area contributed by atoms with Crippen LogP contribution in [-0.4, -0.2) is 28.5 Å². The number of thiazole rings is 1. The lowest BCUT2D eigenvalue weighted by Gasteiger charge is -2.05. The molecule has 10 heteroatoms. The number of nitro benzene ring substituents is 1. The van der Waals surface area contributed by atoms with Crippen LogP contribution < -0.4 is 4.80 Å². The molecule has 0 atom stereocenters. The fraction of sp³-hybridized carbons (Fsp3) is 0.167. The van der Waals surface area contributed by atoms with Crippen LogP contribution in [0.3, 0.4) is 0 Å². The highest BCUT2D eigenvalue weighted by molar-refractivity contribution is 7.16. The number of carbonyl (C=O) groups excluding carboxylic acids is 2. The van der Waals surface area contributed by atoms with E-state index >= 15 is 0 Å². The Morgan fingerprint density at radius 3 is 2.75 bits per heavy atom. The highest BCUT2D eigenvalue weighted by Gasteiger charge is 2.21. The first-order valence-corrected chi connectivity index (χ1v) is 9.20. The number of esters is 1. The lowest BCUT2D eigenvalue weighted by molar-refractivity contribution is -0.385. The summed E-state index contributed by atoms with van der Waals surface area (Å²) in [5, 5.41) is 11.4. The van der Waals surface area contributed by atoms with Gasteiger partial charge in [-0.15, -0.1) is 0 Å². The van der Waals surface area contributed by atoms with Gasteiger partial charge in [0, 0.05) is 11.1 Å². The number of carbonyl (C=O) groups is 2. The number of amides is 1. The van der Waals surface area contributed by atoms with E-state index in [1.807, 2.05) is 25.1 Å². The van der Waals surface area contributed by atoms with Crippen molar-refractivity contribution in [2.24, 2.45) is 4.99 Å². The van der Waals surface area contributed by atoms with E-state index in [9.17, 15) is 19.7 Å². The van der Waals surface area contributed by atoms with E-state index < -0.39 is 22.5 Å². The smallest absolute Gasteiger partial charge is 0.325 e. The maximum Gasteiger partial charge on any atom is 0.325 e. The lowest BCUT2D eigenvalue weighted by atomic mass is 10.2. The lowest BCUT2D eigenvalue weighted by Crippen LogP contribution is -2.23. The van der Waals surface area contributed by atoms with Gasteiger partial charge in [-0.1, -0.05) is 35.1 Å². The molecule has 3 rings (SSSR count). The first-order valence-electron chi connectivity index (χ1n) is 8.00. The van der Waals surface area contributed by atoms with Gasteiger partial charge in [0.25, 0.3) is 11.6 Å². The van der Waals surface area contributed by atoms with E-state index in [1.165, 1.54) is 30.6 Å². The number of methoxy groups -OCH3 is 1. The summed E-state index contributed by atoms with van der Waals surface area (Å²) in [6.07, 6.45) is 0. The number of benzene rings is 2. The number of nitro groups is 1. The van der Waals surface area contributed by atoms with Crippen LogP contribution >= 0.6 is 22.9 Å². The van der Waals surface area contributed by atoms with Gasteiger partial charge in [-0.2, -0.15) is 4.99 Å². The zero-order valence-electron chi connectivity index (χ0n) is 14.8. The van der Waals surface area contributed by atoms with Gasteiger partial charge >= 0.3 is 5.97 Å². The van der Waals surface area contributed by atoms with Crippen LogP contribution in [0.4, 0.5) is 5.69 Å². The van der Waals surface area contributed by atoms with Crippen LogP contribution in [0.25, 0.3) is 10.2 Å². The Kier molecular flexibility index (Phi) is 5.57. The van der Waals surface area contributed by atoms with Gasteiger partial charge in [0.05, 0.1) is 22.2 Å². The number of aryl methyl sites for hydroxylation is 1. The molecule has 3 aromatic rings. The fourth-order valence-corrected chi connectivity index (χ4v) is 4.00. The third-order valence-electron chi connectivity index (χ3n) is 4.00. The van der Waals surface area contributed by atoms with Gasteiger partial charge in [0.1, 0.15) is 12.1 Å². The van der Waals surface area contributed by atoms with E-state index in [0.29, 0.717) is 0 Å². The summed E-state index contributed by atoms with van der Waals surface area (Å²) < 4.78 is 7.12. The molecule has 8 nitrogen and oxygen atoms in total. The molecule has 0 saturated carbocycles. The first kappa shape index (κ1) is 19.7. The van der Waals surface area contributed by atoms with E-state index in [1.54, 1.807) is 4.57 Å². The van der Waals surface area contributed by atoms with Crippen LogP contribution in [-0.2, 0) is 16.1 Å². The normalized spacial score (nSPS) is 11.6. The Hall–Kier alpha value is -3.04. The van der Waals surface area contributed by atoms with Crippen molar-refractivity contribution in [2.45, 2.75) is 13.5 Å². The van der Waals surface area contributed by atoms with Crippen LogP contribution in [0.5, 0.6) is 0 Å². The summed E-state index contributed by atoms with van der Waals surface area (Å²) in [7, 11) is 1.27. The van der Waals surface area contributed by atoms with E-state index in [2.05, 4.69) is 4.99 Å². The van der Waals surface area contributed by atoms with Crippen LogP contribution in [0.1, 0.15) is 15.9 Å². The summed E-state index contributed by atoms with van der Waals surface area (Å²) in [6, 6.07) is 9.25. The SMILES string of the molecule is COC(=O)Cn1c(=NC(=O)c2cc(Cl)ccc2[N+](=O)[O-])sc2cccc(C)c21. The van der Waals surface area contributed by atoms with E-state index in [-0.39, 0.29) is 21.9 Å². The Balaban J connectivity index is 2.22. The second kappa shape index (κ2) is 7.91. The molecular formula is C18H14ClN3O5S. The maximum absolute atomic E-state index is 12.7. The van der Waals surface area contributed by atoms with E-state index in [0.717, 1.165) is 21.8 Å². The highest BCUT2D eigenvalue weighted by atomic mass is 35.5. The van der Waals surface area contributed by atoms with Crippen molar-refractivity contribution in [1.82, 2.24) is 4.57 Å². The number of para-hydroxylation sites is 1. The van der Waals surface area contributed by atoms with E-state index in [4.69, 9.17) is 16.3 Å². The topological polar surface area (TPSA) is 104 Å². The first-order chi connectivity index (χ1) is 13.3. The Bertz CT molecular complexity index is 1180. The summed E-state index contributed by atoms with van der Waals surface area (Å²) in [6.45, 7) is 1.72. The van der Waals surface area contributed by atoms with Crippen molar-refractivity contribution in [3.05, 3.63) is 67.5 Å². The molecule has 0 aliphatic rings. The third kappa shape index (κ3) is 3.80. The summed E-state index contributed by atoms with van der Waals surface area (Å²) in [4.78, 5) is 39.4. The summed E-state index contributed by atoms with van der Waals surface area (Å²) >= 11 is 7.09. The minimum absolute atomic E-state index is 0.148. The Morgan fingerprint density at radius 2 is 2.07 bits per heavy atom. The molecule has 144 valence electrons. The summed E-state index contributed by atoms with van der Waals surface area (Å²) in [5.74, 6) is -1.33. The zero-order chi connectivity index (χ0) is 20.4. The van der Waals surface area contributed by atoms with Crippen molar-refractivity contribution in [3.8, 4) is 0 Å². The minimum Gasteiger partial charge on any atom is -0.468 e. The van der Waals surface area contributed by atoms with Crippen LogP contribution in [0, 0.1) is 17.0 Å². The quantitative estimate of drug-likeness (QED) is 0.366. The monoisotopic (exact) mass is 419 g/mol. The number of nitrogens with zero attached hydrogens (tertiary/aromatic N) is 3. The molecule has 2 aromatic carbocycles. The van der Waals surface area contributed by atoms with Gasteiger partial charge in [0.2, 0.25) is 0 Å². The zero-order valence-corrected chi connectivity index (χ0v) is 16.4. The molecule has 0 radical (unpaired) electrons. The van der Waals surface area contributed by atoms with Gasteiger partial charge in [0.15, 0.2) is 4.80 Å². The molecule has 0 fully saturated rings. The van der Waals surface area contributed by atoms with Crippen molar-refractivity contribution in [2.75, 3.05) is 7.11 Å². The molecule has 0 bridgehead atoms. The van der Waals surface area contributed by atoms with Crippen LogP contribution in [0.2, 0.25) is 5.02 Å². The van der Waals surface area contributed by atoms with Gasteiger partial charge in [-0.25, -0.2) is 0 Å². The second-order valence-electron chi connectivity index (χ2n) is 5.80. The molecule has 0 aliphatic carbocycles. The number of ether oxygens (including phenoxy) is 1. The molecule has 0 aliphatic heterocycles. The van der Waals surface area contributed by atoms with Crippen molar-refractivity contribution in [3.63, 3.8) is 0 Å². The van der Waals surface area contributed by atoms with Crippen LogP contribution in [0.15, 0.2) is 41.4 Å². The molecular weight excluding hydrogens is 406 g/mol. The van der Waals surface area contributed by atoms with Gasteiger partial charge in [-0.3, -0.25) is 19.7 Å². The molecule has 0 saturated heterocycles. The average molecular weight is 420 g/mol. The second-order valence-corrected chi connectivity index (χ2v) is 7.25. The highest BCUT2D eigenvalue weighted by Crippen LogP contribution is 2.24. The number of rotatable bonds is 4. The number of hydrogen-bond donors (Lipinski definition) is 0. The predicted molar refractivity (Wildman–Crippen MR) is 105 cm³/mol. The molecule has 0 unspecified atom stereocenters.